The molecule has 2 nitrogen and oxygen atoms in total. The number of aliphatic hydroxyl groups is 1. The molecule has 5 rings (SSSR count). The Morgan fingerprint density at radius 2 is 1.57 bits per heavy atom. The van der Waals surface area contributed by atoms with Crippen LogP contribution in [0.15, 0.2) is 71.2 Å². The quantitative estimate of drug-likeness (QED) is 0.460. The first kappa shape index (κ1) is 18.1. The number of hydrogen-bond acceptors (Lipinski definition) is 2. The van der Waals surface area contributed by atoms with E-state index in [4.69, 9.17) is 0 Å². The number of piperidine rings is 1. The summed E-state index contributed by atoms with van der Waals surface area (Å²) in [5, 5.41) is 11.1. The van der Waals surface area contributed by atoms with Gasteiger partial charge in [0.25, 0.3) is 0 Å². The number of likely N-dealkylation sites (tertiary alicyclic amines) is 1. The molecule has 3 aromatic carbocycles. The van der Waals surface area contributed by atoms with Gasteiger partial charge in [-0.05, 0) is 64.8 Å². The fourth-order valence-corrected chi connectivity index (χ4v) is 4.95. The van der Waals surface area contributed by atoms with Gasteiger partial charge in [-0.2, -0.15) is 0 Å². The van der Waals surface area contributed by atoms with Gasteiger partial charge in [0.15, 0.2) is 0 Å². The van der Waals surface area contributed by atoms with Gasteiger partial charge >= 0.3 is 0 Å². The Morgan fingerprint density at radius 3 is 2.36 bits per heavy atom. The predicted molar refractivity (Wildman–Crippen MR) is 117 cm³/mol. The number of benzene rings is 3. The summed E-state index contributed by atoms with van der Waals surface area (Å²) >= 11 is 3.47. The van der Waals surface area contributed by atoms with Crippen LogP contribution in [0, 0.1) is 0 Å². The molecule has 2 aliphatic rings. The SMILES string of the molecule is OC1(c2ccc(Br)cc2)CCN(Cc2ccc3c(c2)Cc2ccccc2-3)CC1. The molecule has 0 spiro atoms. The molecule has 0 saturated carbocycles. The van der Waals surface area contributed by atoms with Crippen LogP contribution >= 0.6 is 15.9 Å². The third-order valence-corrected chi connectivity index (χ3v) is 6.86. The Hall–Kier alpha value is -1.94. The van der Waals surface area contributed by atoms with Crippen LogP contribution in [0.3, 0.4) is 0 Å². The van der Waals surface area contributed by atoms with Crippen molar-refractivity contribution in [3.8, 4) is 11.1 Å². The second kappa shape index (κ2) is 7.14. The maximum atomic E-state index is 11.1. The van der Waals surface area contributed by atoms with Gasteiger partial charge in [0, 0.05) is 24.1 Å². The first-order chi connectivity index (χ1) is 13.6. The zero-order chi connectivity index (χ0) is 19.1. The standard InChI is InChI=1S/C25H24BrNO/c26-22-8-6-21(7-9-22)25(28)11-13-27(14-12-25)17-18-5-10-24-20(15-18)16-19-3-1-2-4-23(19)24/h1-10,15,28H,11-14,16-17H2. The molecule has 3 aromatic rings. The van der Waals surface area contributed by atoms with Crippen molar-refractivity contribution in [3.05, 3.63) is 93.5 Å². The van der Waals surface area contributed by atoms with Gasteiger partial charge < -0.3 is 5.11 Å². The van der Waals surface area contributed by atoms with Gasteiger partial charge in [0.05, 0.1) is 5.60 Å². The smallest absolute Gasteiger partial charge is 0.0920 e. The fraction of sp³-hybridized carbons (Fsp3) is 0.280. The molecule has 142 valence electrons. The van der Waals surface area contributed by atoms with Crippen molar-refractivity contribution < 1.29 is 5.11 Å². The second-order valence-electron chi connectivity index (χ2n) is 8.14. The summed E-state index contributed by atoms with van der Waals surface area (Å²) in [5.41, 5.74) is 7.38. The Morgan fingerprint density at radius 1 is 0.857 bits per heavy atom. The molecule has 1 N–H and O–H groups in total. The minimum atomic E-state index is -0.698. The summed E-state index contributed by atoms with van der Waals surface area (Å²) in [6.45, 7) is 2.80. The van der Waals surface area contributed by atoms with E-state index in [0.29, 0.717) is 0 Å². The van der Waals surface area contributed by atoms with E-state index in [9.17, 15) is 5.11 Å². The van der Waals surface area contributed by atoms with Crippen molar-refractivity contribution in [3.63, 3.8) is 0 Å². The molecule has 1 heterocycles. The lowest BCUT2D eigenvalue weighted by Crippen LogP contribution is -2.42. The zero-order valence-electron chi connectivity index (χ0n) is 15.9. The van der Waals surface area contributed by atoms with E-state index in [0.717, 1.165) is 48.9 Å². The Kier molecular flexibility index (Phi) is 4.62. The average molecular weight is 434 g/mol. The molecule has 1 saturated heterocycles. The topological polar surface area (TPSA) is 23.5 Å². The Balaban J connectivity index is 1.26. The number of halogens is 1. The molecular weight excluding hydrogens is 410 g/mol. The Labute approximate surface area is 175 Å². The zero-order valence-corrected chi connectivity index (χ0v) is 17.5. The van der Waals surface area contributed by atoms with E-state index in [1.807, 2.05) is 24.3 Å². The Bertz CT molecular complexity index is 1000. The van der Waals surface area contributed by atoms with Crippen molar-refractivity contribution in [2.45, 2.75) is 31.4 Å². The third kappa shape index (κ3) is 3.32. The van der Waals surface area contributed by atoms with Gasteiger partial charge in [-0.15, -0.1) is 0 Å². The van der Waals surface area contributed by atoms with Crippen molar-refractivity contribution in [2.75, 3.05) is 13.1 Å². The van der Waals surface area contributed by atoms with Crippen molar-refractivity contribution in [2.24, 2.45) is 0 Å². The molecule has 3 heteroatoms. The molecule has 0 aromatic heterocycles. The van der Waals surface area contributed by atoms with Crippen LogP contribution in [0.5, 0.6) is 0 Å². The summed E-state index contributed by atoms with van der Waals surface area (Å²) in [4.78, 5) is 2.47. The predicted octanol–water partition coefficient (Wildman–Crippen LogP) is 5.50. The highest BCUT2D eigenvalue weighted by atomic mass is 79.9. The summed E-state index contributed by atoms with van der Waals surface area (Å²) in [6.07, 6.45) is 2.61. The maximum absolute atomic E-state index is 11.1. The van der Waals surface area contributed by atoms with Crippen molar-refractivity contribution >= 4 is 15.9 Å². The monoisotopic (exact) mass is 433 g/mol. The number of fused-ring (bicyclic) bond motifs is 3. The van der Waals surface area contributed by atoms with Crippen molar-refractivity contribution in [1.82, 2.24) is 4.90 Å². The van der Waals surface area contributed by atoms with Crippen LogP contribution in [0.2, 0.25) is 0 Å². The van der Waals surface area contributed by atoms with Crippen LogP contribution in [0.25, 0.3) is 11.1 Å². The molecule has 1 aliphatic heterocycles. The van der Waals surface area contributed by atoms with Gasteiger partial charge in [0.1, 0.15) is 0 Å². The molecule has 0 bridgehead atoms. The van der Waals surface area contributed by atoms with E-state index in [1.165, 1.54) is 27.8 Å². The number of rotatable bonds is 3. The molecule has 0 unspecified atom stereocenters. The van der Waals surface area contributed by atoms with Crippen LogP contribution in [-0.2, 0) is 18.6 Å². The second-order valence-corrected chi connectivity index (χ2v) is 9.06. The fourth-order valence-electron chi connectivity index (χ4n) is 4.68. The van der Waals surface area contributed by atoms with Crippen LogP contribution in [-0.4, -0.2) is 23.1 Å². The normalized spacial score (nSPS) is 17.9. The highest BCUT2D eigenvalue weighted by Gasteiger charge is 2.33. The molecule has 28 heavy (non-hydrogen) atoms. The van der Waals surface area contributed by atoms with Crippen molar-refractivity contribution in [1.29, 1.82) is 0 Å². The summed E-state index contributed by atoms with van der Waals surface area (Å²) in [5.74, 6) is 0. The van der Waals surface area contributed by atoms with Crippen LogP contribution in [0.1, 0.15) is 35.1 Å². The minimum Gasteiger partial charge on any atom is -0.385 e. The molecule has 0 atom stereocenters. The molecule has 1 fully saturated rings. The van der Waals surface area contributed by atoms with E-state index in [-0.39, 0.29) is 0 Å². The molecular formula is C25H24BrNO. The maximum Gasteiger partial charge on any atom is 0.0920 e. The minimum absolute atomic E-state index is 0.698. The van der Waals surface area contributed by atoms with Crippen LogP contribution in [0.4, 0.5) is 0 Å². The lowest BCUT2D eigenvalue weighted by Gasteiger charge is -2.38. The van der Waals surface area contributed by atoms with Crippen LogP contribution < -0.4 is 0 Å². The summed E-state index contributed by atoms with van der Waals surface area (Å²) in [7, 11) is 0. The first-order valence-electron chi connectivity index (χ1n) is 10.0. The first-order valence-corrected chi connectivity index (χ1v) is 10.8. The molecule has 1 aliphatic carbocycles. The van der Waals surface area contributed by atoms with Gasteiger partial charge in [-0.1, -0.05) is 70.5 Å². The third-order valence-electron chi connectivity index (χ3n) is 6.33. The van der Waals surface area contributed by atoms with Gasteiger partial charge in [0.2, 0.25) is 0 Å². The van der Waals surface area contributed by atoms with Gasteiger partial charge in [-0.25, -0.2) is 0 Å². The summed E-state index contributed by atoms with van der Waals surface area (Å²) in [6, 6.07) is 23.8. The lowest BCUT2D eigenvalue weighted by molar-refractivity contribution is -0.0277. The average Bonchev–Trinajstić information content (AvgIpc) is 3.08. The highest BCUT2D eigenvalue weighted by Crippen LogP contribution is 2.37. The van der Waals surface area contributed by atoms with E-state index in [2.05, 4.69) is 63.3 Å². The summed E-state index contributed by atoms with van der Waals surface area (Å²) < 4.78 is 1.05. The molecule has 0 amide bonds. The number of nitrogens with zero attached hydrogens (tertiary/aromatic N) is 1. The van der Waals surface area contributed by atoms with E-state index >= 15 is 0 Å². The van der Waals surface area contributed by atoms with E-state index in [1.54, 1.807) is 0 Å². The van der Waals surface area contributed by atoms with Gasteiger partial charge in [-0.3, -0.25) is 4.90 Å². The largest absolute Gasteiger partial charge is 0.385 e. The highest BCUT2D eigenvalue weighted by molar-refractivity contribution is 9.10. The lowest BCUT2D eigenvalue weighted by atomic mass is 9.84. The number of hydrogen-bond donors (Lipinski definition) is 1. The molecule has 0 radical (unpaired) electrons. The van der Waals surface area contributed by atoms with E-state index < -0.39 is 5.60 Å².